The summed E-state index contributed by atoms with van der Waals surface area (Å²) in [6.07, 6.45) is 5.78. The van der Waals surface area contributed by atoms with Gasteiger partial charge in [0.25, 0.3) is 0 Å². The number of allylic oxidation sites excluding steroid dienone is 3. The first-order chi connectivity index (χ1) is 11.2. The number of carbonyl (C=O) groups excluding carboxylic acids is 1. The van der Waals surface area contributed by atoms with Gasteiger partial charge in [-0.15, -0.1) is 0 Å². The molecule has 2 heterocycles. The summed E-state index contributed by atoms with van der Waals surface area (Å²) < 4.78 is 12.9. The van der Waals surface area contributed by atoms with Gasteiger partial charge in [0.2, 0.25) is 0 Å². The number of amides is 2. The van der Waals surface area contributed by atoms with Gasteiger partial charge in [-0.3, -0.25) is 10.4 Å². The van der Waals surface area contributed by atoms with Gasteiger partial charge in [-0.2, -0.15) is 5.10 Å². The largest absolute Gasteiger partial charge is 0.371 e. The number of fused-ring (bicyclic) bond motifs is 1. The number of urea groups is 1. The zero-order valence-corrected chi connectivity index (χ0v) is 12.6. The highest BCUT2D eigenvalue weighted by atomic mass is 19.1. The number of nitrogens with one attached hydrogen (secondary N) is 4. The van der Waals surface area contributed by atoms with Gasteiger partial charge >= 0.3 is 6.03 Å². The Morgan fingerprint density at radius 1 is 1.39 bits per heavy atom. The van der Waals surface area contributed by atoms with Crippen LogP contribution in [0.3, 0.4) is 0 Å². The second kappa shape index (κ2) is 6.47. The number of hydrogen-bond acceptors (Lipinski definition) is 4. The maximum Gasteiger partial charge on any atom is 0.320 e. The molecule has 0 saturated carbocycles. The van der Waals surface area contributed by atoms with Crippen molar-refractivity contribution in [1.29, 1.82) is 0 Å². The highest BCUT2D eigenvalue weighted by Crippen LogP contribution is 2.21. The molecule has 0 atom stereocenters. The Balaban J connectivity index is 1.59. The molecule has 4 N–H and O–H groups in total. The van der Waals surface area contributed by atoms with Crippen molar-refractivity contribution in [2.75, 3.05) is 24.2 Å². The number of nitrogens with zero attached hydrogens (tertiary/aromatic N) is 2. The van der Waals surface area contributed by atoms with Crippen molar-refractivity contribution < 1.29 is 9.18 Å². The van der Waals surface area contributed by atoms with Crippen LogP contribution in [-0.4, -0.2) is 34.8 Å². The molecule has 1 aliphatic carbocycles. The van der Waals surface area contributed by atoms with Gasteiger partial charge in [-0.1, -0.05) is 11.6 Å². The van der Waals surface area contributed by atoms with Crippen molar-refractivity contribution in [3.05, 3.63) is 35.8 Å². The molecular formula is C15H17FN6O. The van der Waals surface area contributed by atoms with E-state index < -0.39 is 0 Å². The zero-order valence-electron chi connectivity index (χ0n) is 12.6. The van der Waals surface area contributed by atoms with Crippen LogP contribution in [0.1, 0.15) is 12.8 Å². The van der Waals surface area contributed by atoms with Gasteiger partial charge in [0.15, 0.2) is 5.82 Å². The Bertz CT molecular complexity index is 794. The van der Waals surface area contributed by atoms with E-state index in [1.54, 1.807) is 25.4 Å². The third-order valence-corrected chi connectivity index (χ3v) is 3.59. The monoisotopic (exact) mass is 316 g/mol. The number of rotatable bonds is 4. The molecule has 0 unspecified atom stereocenters. The lowest BCUT2D eigenvalue weighted by molar-refractivity contribution is 0.252. The van der Waals surface area contributed by atoms with E-state index in [1.165, 1.54) is 6.08 Å². The van der Waals surface area contributed by atoms with E-state index in [9.17, 15) is 9.18 Å². The predicted molar refractivity (Wildman–Crippen MR) is 87.0 cm³/mol. The van der Waals surface area contributed by atoms with Gasteiger partial charge < -0.3 is 10.6 Å². The fourth-order valence-electron chi connectivity index (χ4n) is 2.33. The lowest BCUT2D eigenvalue weighted by Crippen LogP contribution is -2.30. The van der Waals surface area contributed by atoms with Crippen molar-refractivity contribution in [3.8, 4) is 0 Å². The molecule has 8 heteroatoms. The molecule has 23 heavy (non-hydrogen) atoms. The molecule has 120 valence electrons. The van der Waals surface area contributed by atoms with Crippen molar-refractivity contribution >= 4 is 28.6 Å². The molecule has 0 bridgehead atoms. The topological polar surface area (TPSA) is 94.7 Å². The summed E-state index contributed by atoms with van der Waals surface area (Å²) in [5.41, 5.74) is 1.76. The van der Waals surface area contributed by atoms with Crippen molar-refractivity contribution in [1.82, 2.24) is 20.5 Å². The highest BCUT2D eigenvalue weighted by molar-refractivity contribution is 5.94. The third kappa shape index (κ3) is 3.47. The molecule has 2 aromatic rings. The third-order valence-electron chi connectivity index (χ3n) is 3.59. The van der Waals surface area contributed by atoms with Crippen LogP contribution in [-0.2, 0) is 0 Å². The number of pyridine rings is 1. The van der Waals surface area contributed by atoms with Crippen LogP contribution >= 0.6 is 0 Å². The van der Waals surface area contributed by atoms with E-state index in [4.69, 9.17) is 0 Å². The van der Waals surface area contributed by atoms with Gasteiger partial charge in [0, 0.05) is 32.3 Å². The van der Waals surface area contributed by atoms with E-state index in [0.717, 1.165) is 16.5 Å². The molecule has 0 aromatic carbocycles. The highest BCUT2D eigenvalue weighted by Gasteiger charge is 2.10. The molecule has 2 amide bonds. The van der Waals surface area contributed by atoms with Crippen molar-refractivity contribution in [2.24, 2.45) is 0 Å². The Kier molecular flexibility index (Phi) is 4.22. The van der Waals surface area contributed by atoms with Gasteiger partial charge in [0.05, 0.1) is 10.9 Å². The number of carbonyl (C=O) groups is 1. The number of aromatic amines is 1. The van der Waals surface area contributed by atoms with E-state index in [0.29, 0.717) is 31.0 Å². The molecule has 3 rings (SSSR count). The second-order valence-corrected chi connectivity index (χ2v) is 5.18. The quantitative estimate of drug-likeness (QED) is 0.697. The predicted octanol–water partition coefficient (Wildman–Crippen LogP) is 2.69. The Labute approximate surface area is 132 Å². The number of anilines is 2. The Morgan fingerprint density at radius 3 is 3.00 bits per heavy atom. The van der Waals surface area contributed by atoms with Gasteiger partial charge in [-0.25, -0.2) is 14.2 Å². The van der Waals surface area contributed by atoms with Crippen LogP contribution in [0.4, 0.5) is 20.8 Å². The average Bonchev–Trinajstić information content (AvgIpc) is 2.96. The summed E-state index contributed by atoms with van der Waals surface area (Å²) in [4.78, 5) is 16.1. The fourth-order valence-corrected chi connectivity index (χ4v) is 2.33. The first-order valence-corrected chi connectivity index (χ1v) is 7.26. The summed E-state index contributed by atoms with van der Waals surface area (Å²) >= 11 is 0. The molecule has 1 aliphatic rings. The maximum absolute atomic E-state index is 12.9. The summed E-state index contributed by atoms with van der Waals surface area (Å²) in [6.45, 7) is 0.381. The number of aromatic nitrogens is 3. The van der Waals surface area contributed by atoms with Crippen LogP contribution in [0, 0.1) is 0 Å². The minimum absolute atomic E-state index is 0.129. The molecule has 0 radical (unpaired) electrons. The fraction of sp³-hybridized carbons (Fsp3) is 0.267. The average molecular weight is 316 g/mol. The summed E-state index contributed by atoms with van der Waals surface area (Å²) in [6, 6.07) is 1.35. The first kappa shape index (κ1) is 15.0. The summed E-state index contributed by atoms with van der Waals surface area (Å²) in [7, 11) is 1.77. The molecule has 2 aromatic heterocycles. The minimum atomic E-state index is -0.360. The van der Waals surface area contributed by atoms with Gasteiger partial charge in [-0.05, 0) is 12.5 Å². The molecule has 0 aliphatic heterocycles. The molecule has 0 spiro atoms. The van der Waals surface area contributed by atoms with Crippen LogP contribution < -0.4 is 16.0 Å². The SMILES string of the molecule is CNc1n[nH]c2cc(NC(=O)NCC3=CC=C(F)CC3)ncc12. The van der Waals surface area contributed by atoms with E-state index in [-0.39, 0.29) is 11.9 Å². The summed E-state index contributed by atoms with van der Waals surface area (Å²) in [5.74, 6) is 0.995. The lowest BCUT2D eigenvalue weighted by Gasteiger charge is -2.12. The smallest absolute Gasteiger partial charge is 0.320 e. The maximum atomic E-state index is 12.9. The van der Waals surface area contributed by atoms with E-state index >= 15 is 0 Å². The minimum Gasteiger partial charge on any atom is -0.371 e. The van der Waals surface area contributed by atoms with E-state index in [2.05, 4.69) is 31.1 Å². The van der Waals surface area contributed by atoms with E-state index in [1.807, 2.05) is 0 Å². The first-order valence-electron chi connectivity index (χ1n) is 7.26. The summed E-state index contributed by atoms with van der Waals surface area (Å²) in [5, 5.41) is 16.1. The Hall–Kier alpha value is -2.90. The molecule has 7 nitrogen and oxygen atoms in total. The van der Waals surface area contributed by atoms with Gasteiger partial charge in [0.1, 0.15) is 11.6 Å². The lowest BCUT2D eigenvalue weighted by atomic mass is 10.0. The van der Waals surface area contributed by atoms with Crippen molar-refractivity contribution in [3.63, 3.8) is 0 Å². The molecule has 0 saturated heterocycles. The Morgan fingerprint density at radius 2 is 2.26 bits per heavy atom. The van der Waals surface area contributed by atoms with Crippen LogP contribution in [0.15, 0.2) is 35.8 Å². The van der Waals surface area contributed by atoms with Crippen molar-refractivity contribution in [2.45, 2.75) is 12.8 Å². The molecular weight excluding hydrogens is 299 g/mol. The zero-order chi connectivity index (χ0) is 16.2. The second-order valence-electron chi connectivity index (χ2n) is 5.18. The standard InChI is InChI=1S/C15H17FN6O/c1-17-14-11-8-18-13(6-12(11)21-22-14)20-15(23)19-7-9-2-4-10(16)5-3-9/h2,4,6,8H,3,5,7H2,1H3,(H2,17,21,22)(H2,18,19,20,23). The van der Waals surface area contributed by atoms with Crippen LogP contribution in [0.5, 0.6) is 0 Å². The normalized spacial score (nSPS) is 14.2. The van der Waals surface area contributed by atoms with Crippen LogP contribution in [0.25, 0.3) is 10.9 Å². The number of hydrogen-bond donors (Lipinski definition) is 4. The number of H-pyrrole nitrogens is 1. The molecule has 0 fully saturated rings. The van der Waals surface area contributed by atoms with Crippen LogP contribution in [0.2, 0.25) is 0 Å². The number of halogens is 1.